The number of furan rings is 1. The van der Waals surface area contributed by atoms with Crippen LogP contribution < -0.4 is 0 Å². The van der Waals surface area contributed by atoms with E-state index in [0.717, 1.165) is 39.3 Å². The summed E-state index contributed by atoms with van der Waals surface area (Å²) >= 11 is 0. The number of fused-ring (bicyclic) bond motifs is 1. The molecule has 7 heteroatoms. The van der Waals surface area contributed by atoms with Gasteiger partial charge in [0.25, 0.3) is 5.69 Å². The maximum Gasteiger partial charge on any atom is 0.252 e. The average molecular weight is 425 g/mol. The van der Waals surface area contributed by atoms with Gasteiger partial charge in [0.2, 0.25) is 5.88 Å². The number of benzene rings is 1. The molecule has 0 bridgehead atoms. The van der Waals surface area contributed by atoms with Crippen LogP contribution in [0.15, 0.2) is 34.7 Å². The van der Waals surface area contributed by atoms with E-state index in [-0.39, 0.29) is 6.73 Å². The van der Waals surface area contributed by atoms with Crippen LogP contribution in [0.5, 0.6) is 0 Å². The molecule has 0 atom stereocenters. The van der Waals surface area contributed by atoms with E-state index in [4.69, 9.17) is 15.7 Å². The molecule has 160 valence electrons. The van der Waals surface area contributed by atoms with Gasteiger partial charge in [-0.2, -0.15) is 5.26 Å². The van der Waals surface area contributed by atoms with Gasteiger partial charge in [-0.05, 0) is 63.1 Å². The van der Waals surface area contributed by atoms with Gasteiger partial charge >= 0.3 is 0 Å². The summed E-state index contributed by atoms with van der Waals surface area (Å²) in [7, 11) is 1.62. The quantitative estimate of drug-likeness (QED) is 0.296. The van der Waals surface area contributed by atoms with Crippen molar-refractivity contribution in [1.82, 2.24) is 14.1 Å². The highest BCUT2D eigenvalue weighted by molar-refractivity contribution is 5.91. The van der Waals surface area contributed by atoms with E-state index in [9.17, 15) is 5.26 Å². The van der Waals surface area contributed by atoms with E-state index < -0.39 is 0 Å². The van der Waals surface area contributed by atoms with Crippen molar-refractivity contribution in [3.8, 4) is 12.0 Å². The van der Waals surface area contributed by atoms with Crippen LogP contribution in [0.25, 0.3) is 33.4 Å². The highest BCUT2D eigenvalue weighted by Crippen LogP contribution is 2.36. The maximum atomic E-state index is 9.99. The molecule has 0 saturated carbocycles. The van der Waals surface area contributed by atoms with Gasteiger partial charge in [-0.25, -0.2) is 9.83 Å². The molecule has 1 aromatic carbocycles. The highest BCUT2D eigenvalue weighted by atomic mass is 16.5. The van der Waals surface area contributed by atoms with Gasteiger partial charge in [0.05, 0.1) is 28.9 Å². The molecule has 0 aliphatic rings. The molecule has 3 heterocycles. The molecule has 0 amide bonds. The van der Waals surface area contributed by atoms with Gasteiger partial charge < -0.3 is 9.15 Å². The molecule has 0 N–H and O–H groups in total. The number of aromatic nitrogens is 3. The number of nitriles is 1. The summed E-state index contributed by atoms with van der Waals surface area (Å²) in [6, 6.07) is 12.0. The summed E-state index contributed by atoms with van der Waals surface area (Å²) in [5, 5.41) is 9.99. The van der Waals surface area contributed by atoms with Crippen molar-refractivity contribution in [1.29, 1.82) is 5.26 Å². The van der Waals surface area contributed by atoms with E-state index in [2.05, 4.69) is 15.9 Å². The smallest absolute Gasteiger partial charge is 0.252 e. The minimum absolute atomic E-state index is 0.285. The summed E-state index contributed by atoms with van der Waals surface area (Å²) in [6.07, 6.45) is 1.83. The van der Waals surface area contributed by atoms with Crippen molar-refractivity contribution in [3.05, 3.63) is 75.8 Å². The topological polar surface area (TPSA) is 73.3 Å². The Labute approximate surface area is 186 Å². The Morgan fingerprint density at radius 1 is 1.28 bits per heavy atom. The Morgan fingerprint density at radius 3 is 2.72 bits per heavy atom. The number of hydrogen-bond acceptors (Lipinski definition) is 4. The Balaban J connectivity index is 1.89. The lowest BCUT2D eigenvalue weighted by Crippen LogP contribution is -2.04. The van der Waals surface area contributed by atoms with Crippen LogP contribution in [0.3, 0.4) is 0 Å². The van der Waals surface area contributed by atoms with Crippen LogP contribution >= 0.6 is 0 Å². The molecule has 4 aromatic rings. The molecular formula is C25H23N5O2. The second-order valence-corrected chi connectivity index (χ2v) is 7.65. The number of aryl methyl sites for hydroxylation is 2. The zero-order valence-corrected chi connectivity index (χ0v) is 18.7. The average Bonchev–Trinajstić information content (AvgIpc) is 3.38. The Morgan fingerprint density at radius 2 is 2.03 bits per heavy atom. The normalized spacial score (nSPS) is 11.7. The van der Waals surface area contributed by atoms with E-state index in [0.29, 0.717) is 23.0 Å². The molecule has 0 unspecified atom stereocenters. The number of hydrogen-bond donors (Lipinski definition) is 0. The van der Waals surface area contributed by atoms with E-state index >= 15 is 0 Å². The maximum absolute atomic E-state index is 9.99. The number of rotatable bonds is 5. The second-order valence-electron chi connectivity index (χ2n) is 7.65. The monoisotopic (exact) mass is 425 g/mol. The third-order valence-corrected chi connectivity index (χ3v) is 5.69. The molecule has 4 rings (SSSR count). The van der Waals surface area contributed by atoms with Gasteiger partial charge in [0.1, 0.15) is 12.8 Å². The van der Waals surface area contributed by atoms with E-state index in [1.165, 1.54) is 0 Å². The molecule has 0 spiro atoms. The van der Waals surface area contributed by atoms with Gasteiger partial charge in [-0.15, -0.1) is 0 Å². The van der Waals surface area contributed by atoms with Crippen LogP contribution in [-0.2, 0) is 11.5 Å². The van der Waals surface area contributed by atoms with Crippen LogP contribution in [-0.4, -0.2) is 21.2 Å². The Hall–Kier alpha value is -4.07. The van der Waals surface area contributed by atoms with Gasteiger partial charge in [-0.1, -0.05) is 12.1 Å². The predicted molar refractivity (Wildman–Crippen MR) is 123 cm³/mol. The number of imidazole rings is 1. The van der Waals surface area contributed by atoms with Crippen molar-refractivity contribution in [2.45, 2.75) is 34.4 Å². The summed E-state index contributed by atoms with van der Waals surface area (Å²) in [4.78, 5) is 8.37. The summed E-state index contributed by atoms with van der Waals surface area (Å²) in [5.74, 6) is 1.78. The number of methoxy groups -OCH3 is 1. The van der Waals surface area contributed by atoms with Crippen molar-refractivity contribution >= 4 is 28.4 Å². The zero-order valence-electron chi connectivity index (χ0n) is 18.7. The van der Waals surface area contributed by atoms with Crippen molar-refractivity contribution in [3.63, 3.8) is 0 Å². The summed E-state index contributed by atoms with van der Waals surface area (Å²) < 4.78 is 15.1. The van der Waals surface area contributed by atoms with Gasteiger partial charge in [0.15, 0.2) is 5.82 Å². The predicted octanol–water partition coefficient (Wildman–Crippen LogP) is 5.87. The fourth-order valence-electron chi connectivity index (χ4n) is 3.97. The van der Waals surface area contributed by atoms with Crippen molar-refractivity contribution in [2.75, 3.05) is 7.11 Å². The van der Waals surface area contributed by atoms with Crippen LogP contribution in [0, 0.1) is 45.6 Å². The first kappa shape index (κ1) is 21.2. The number of para-hydroxylation sites is 2. The first-order valence-electron chi connectivity index (χ1n) is 10.1. The van der Waals surface area contributed by atoms with Crippen LogP contribution in [0.2, 0.25) is 0 Å². The van der Waals surface area contributed by atoms with Crippen LogP contribution in [0.4, 0.5) is 5.69 Å². The van der Waals surface area contributed by atoms with Crippen molar-refractivity contribution in [2.24, 2.45) is 0 Å². The molecule has 7 nitrogen and oxygen atoms in total. The third-order valence-electron chi connectivity index (χ3n) is 5.69. The summed E-state index contributed by atoms with van der Waals surface area (Å²) in [5.41, 5.74) is 6.12. The number of ether oxygens (including phenoxy) is 1. The molecule has 0 aliphatic carbocycles. The standard InChI is InChI=1S/C25H23N5O2/c1-15-11-19(17(3)30(15)25-23(27-5)16(2)18(4)32-25)12-20(13-26)24-28-21-9-7-8-10-22(21)29(24)14-31-6/h7-12H,14H2,1-4,6H3/b20-12+. The zero-order chi connectivity index (χ0) is 23.0. The molecule has 0 fully saturated rings. The molecular weight excluding hydrogens is 402 g/mol. The third kappa shape index (κ3) is 3.30. The fourth-order valence-corrected chi connectivity index (χ4v) is 3.97. The fraction of sp³-hybridized carbons (Fsp3) is 0.240. The molecule has 32 heavy (non-hydrogen) atoms. The summed E-state index contributed by atoms with van der Waals surface area (Å²) in [6.45, 7) is 15.5. The minimum Gasteiger partial charge on any atom is -0.456 e. The Kier molecular flexibility index (Phi) is 5.44. The highest BCUT2D eigenvalue weighted by Gasteiger charge is 2.21. The van der Waals surface area contributed by atoms with E-state index in [1.807, 2.05) is 73.2 Å². The first-order chi connectivity index (χ1) is 15.4. The minimum atomic E-state index is 0.285. The number of allylic oxidation sites excluding steroid dienone is 1. The Bertz CT molecular complexity index is 1450. The second kappa shape index (κ2) is 8.22. The SMILES string of the molecule is [C-]#[N+]c1c(-n2c(C)cc(/C=C(\C#N)c3nc4ccccc4n3COC)c2C)oc(C)c1C. The molecule has 0 saturated heterocycles. The lowest BCUT2D eigenvalue weighted by Gasteiger charge is -2.08. The van der Waals surface area contributed by atoms with Crippen molar-refractivity contribution < 1.29 is 9.15 Å². The first-order valence-corrected chi connectivity index (χ1v) is 10.1. The molecule has 0 radical (unpaired) electrons. The lowest BCUT2D eigenvalue weighted by atomic mass is 10.1. The lowest BCUT2D eigenvalue weighted by molar-refractivity contribution is 0.133. The van der Waals surface area contributed by atoms with E-state index in [1.54, 1.807) is 7.11 Å². The van der Waals surface area contributed by atoms with Gasteiger partial charge in [-0.3, -0.25) is 9.13 Å². The molecule has 0 aliphatic heterocycles. The van der Waals surface area contributed by atoms with Gasteiger partial charge in [0, 0.05) is 18.5 Å². The number of nitrogens with zero attached hydrogens (tertiary/aromatic N) is 5. The molecule has 3 aromatic heterocycles. The van der Waals surface area contributed by atoms with Crippen LogP contribution in [0.1, 0.15) is 34.1 Å². The largest absolute Gasteiger partial charge is 0.456 e.